The lowest BCUT2D eigenvalue weighted by Gasteiger charge is -2.45. The van der Waals surface area contributed by atoms with Crippen molar-refractivity contribution in [1.82, 2.24) is 4.98 Å². The van der Waals surface area contributed by atoms with Gasteiger partial charge in [-0.25, -0.2) is 4.98 Å². The van der Waals surface area contributed by atoms with Crippen LogP contribution in [0, 0.1) is 5.41 Å². The van der Waals surface area contributed by atoms with E-state index in [9.17, 15) is 0 Å². The average Bonchev–Trinajstić information content (AvgIpc) is 2.49. The molecule has 1 fully saturated rings. The maximum atomic E-state index is 5.67. The second kappa shape index (κ2) is 3.70. The quantitative estimate of drug-likeness (QED) is 0.743. The molecule has 1 aromatic heterocycles. The summed E-state index contributed by atoms with van der Waals surface area (Å²) in [4.78, 5) is 6.88. The molecule has 4 heteroatoms. The summed E-state index contributed by atoms with van der Waals surface area (Å²) in [5, 5.41) is 3.27. The Labute approximate surface area is 93.9 Å². The maximum absolute atomic E-state index is 5.67. The van der Waals surface area contributed by atoms with Gasteiger partial charge in [-0.3, -0.25) is 0 Å². The van der Waals surface area contributed by atoms with Crippen LogP contribution in [0.5, 0.6) is 0 Å². The highest BCUT2D eigenvalue weighted by Gasteiger charge is 2.35. The normalized spacial score (nSPS) is 19.5. The first-order valence-electron chi connectivity index (χ1n) is 4.86. The standard InChI is InChI=1S/C10H15ClN2S/c1-10(2)6-13(7-10)9-12-8(3-4-11)5-14-9/h5H,3-4,6-7H2,1-2H3. The number of nitrogens with zero attached hydrogens (tertiary/aromatic N) is 2. The summed E-state index contributed by atoms with van der Waals surface area (Å²) in [6.07, 6.45) is 0.884. The van der Waals surface area contributed by atoms with Gasteiger partial charge in [0.05, 0.1) is 5.69 Å². The average molecular weight is 231 g/mol. The highest BCUT2D eigenvalue weighted by molar-refractivity contribution is 7.13. The molecular formula is C10H15ClN2S. The molecule has 0 atom stereocenters. The van der Waals surface area contributed by atoms with Crippen molar-refractivity contribution in [3.05, 3.63) is 11.1 Å². The van der Waals surface area contributed by atoms with Gasteiger partial charge >= 0.3 is 0 Å². The van der Waals surface area contributed by atoms with Crippen molar-refractivity contribution in [2.24, 2.45) is 5.41 Å². The first kappa shape index (κ1) is 10.2. The molecule has 0 amide bonds. The number of thiazole rings is 1. The monoisotopic (exact) mass is 230 g/mol. The molecule has 1 aliphatic rings. The highest BCUT2D eigenvalue weighted by atomic mass is 35.5. The van der Waals surface area contributed by atoms with Gasteiger partial charge in [0, 0.05) is 30.8 Å². The van der Waals surface area contributed by atoms with Gasteiger partial charge in [0.1, 0.15) is 0 Å². The van der Waals surface area contributed by atoms with Crippen molar-refractivity contribution < 1.29 is 0 Å². The van der Waals surface area contributed by atoms with Gasteiger partial charge < -0.3 is 4.90 Å². The minimum atomic E-state index is 0.471. The summed E-state index contributed by atoms with van der Waals surface area (Å²) >= 11 is 7.40. The van der Waals surface area contributed by atoms with E-state index in [1.165, 1.54) is 0 Å². The number of aryl methyl sites for hydroxylation is 1. The van der Waals surface area contributed by atoms with Crippen molar-refractivity contribution >= 4 is 28.1 Å². The van der Waals surface area contributed by atoms with Gasteiger partial charge in [0.2, 0.25) is 0 Å². The van der Waals surface area contributed by atoms with Gasteiger partial charge in [-0.1, -0.05) is 13.8 Å². The second-order valence-corrected chi connectivity index (χ2v) is 5.80. The van der Waals surface area contributed by atoms with E-state index < -0.39 is 0 Å². The third-order valence-corrected chi connectivity index (χ3v) is 3.54. The van der Waals surface area contributed by atoms with E-state index in [1.54, 1.807) is 11.3 Å². The molecule has 0 aromatic carbocycles. The number of rotatable bonds is 3. The summed E-state index contributed by atoms with van der Waals surface area (Å²) in [6, 6.07) is 0. The van der Waals surface area contributed by atoms with Crippen LogP contribution in [0.15, 0.2) is 5.38 Å². The second-order valence-electron chi connectivity index (χ2n) is 4.58. The Kier molecular flexibility index (Phi) is 2.71. The molecule has 1 aliphatic heterocycles. The molecule has 1 aromatic rings. The van der Waals surface area contributed by atoms with Crippen LogP contribution in [0.4, 0.5) is 5.13 Å². The van der Waals surface area contributed by atoms with E-state index in [0.29, 0.717) is 11.3 Å². The third kappa shape index (κ3) is 2.04. The predicted octanol–water partition coefficient (Wildman–Crippen LogP) is 2.77. The molecule has 2 rings (SSSR count). The Morgan fingerprint density at radius 3 is 2.86 bits per heavy atom. The summed E-state index contributed by atoms with van der Waals surface area (Å²) in [7, 11) is 0. The van der Waals surface area contributed by atoms with Crippen LogP contribution < -0.4 is 4.90 Å². The first-order chi connectivity index (χ1) is 6.61. The zero-order valence-electron chi connectivity index (χ0n) is 8.59. The third-order valence-electron chi connectivity index (χ3n) is 2.40. The Balaban J connectivity index is 1.98. The van der Waals surface area contributed by atoms with Gasteiger partial charge in [-0.2, -0.15) is 0 Å². The van der Waals surface area contributed by atoms with Crippen molar-refractivity contribution in [2.45, 2.75) is 20.3 Å². The molecule has 2 nitrogen and oxygen atoms in total. The van der Waals surface area contributed by atoms with E-state index in [2.05, 4.69) is 29.1 Å². The van der Waals surface area contributed by atoms with Crippen LogP contribution in [0.1, 0.15) is 19.5 Å². The zero-order chi connectivity index (χ0) is 10.2. The summed E-state index contributed by atoms with van der Waals surface area (Å²) < 4.78 is 0. The minimum absolute atomic E-state index is 0.471. The van der Waals surface area contributed by atoms with Crippen molar-refractivity contribution in [3.8, 4) is 0 Å². The van der Waals surface area contributed by atoms with Gasteiger partial charge in [0.25, 0.3) is 0 Å². The Morgan fingerprint density at radius 2 is 2.29 bits per heavy atom. The molecule has 14 heavy (non-hydrogen) atoms. The molecular weight excluding hydrogens is 216 g/mol. The van der Waals surface area contributed by atoms with Crippen LogP contribution in [-0.2, 0) is 6.42 Å². The Morgan fingerprint density at radius 1 is 1.57 bits per heavy atom. The number of hydrogen-bond acceptors (Lipinski definition) is 3. The van der Waals surface area contributed by atoms with E-state index >= 15 is 0 Å². The lowest BCUT2D eigenvalue weighted by atomic mass is 9.85. The number of halogens is 1. The minimum Gasteiger partial charge on any atom is -0.347 e. The van der Waals surface area contributed by atoms with Gasteiger partial charge in [-0.15, -0.1) is 22.9 Å². The molecule has 0 N–H and O–H groups in total. The van der Waals surface area contributed by atoms with Gasteiger partial charge in [0.15, 0.2) is 5.13 Å². The fourth-order valence-corrected chi connectivity index (χ4v) is 2.83. The molecule has 2 heterocycles. The number of anilines is 1. The van der Waals surface area contributed by atoms with Gasteiger partial charge in [-0.05, 0) is 5.41 Å². The van der Waals surface area contributed by atoms with Crippen LogP contribution >= 0.6 is 22.9 Å². The lowest BCUT2D eigenvalue weighted by molar-refractivity contribution is 0.276. The largest absolute Gasteiger partial charge is 0.347 e. The molecule has 0 unspecified atom stereocenters. The molecule has 0 radical (unpaired) electrons. The molecule has 78 valence electrons. The van der Waals surface area contributed by atoms with Crippen LogP contribution in [0.2, 0.25) is 0 Å². The highest BCUT2D eigenvalue weighted by Crippen LogP contribution is 2.34. The zero-order valence-corrected chi connectivity index (χ0v) is 10.2. The smallest absolute Gasteiger partial charge is 0.185 e. The van der Waals surface area contributed by atoms with E-state index in [4.69, 9.17) is 11.6 Å². The van der Waals surface area contributed by atoms with Crippen molar-refractivity contribution in [3.63, 3.8) is 0 Å². The summed E-state index contributed by atoms with van der Waals surface area (Å²) in [5.74, 6) is 0.661. The van der Waals surface area contributed by atoms with Crippen molar-refractivity contribution in [1.29, 1.82) is 0 Å². The van der Waals surface area contributed by atoms with Crippen LogP contribution in [0.25, 0.3) is 0 Å². The summed E-state index contributed by atoms with van der Waals surface area (Å²) in [5.41, 5.74) is 1.60. The SMILES string of the molecule is CC1(C)CN(c2nc(CCCl)cs2)C1. The Hall–Kier alpha value is -0.280. The number of alkyl halides is 1. The van der Waals surface area contributed by atoms with Crippen LogP contribution in [-0.4, -0.2) is 24.0 Å². The number of aromatic nitrogens is 1. The molecule has 0 spiro atoms. The van der Waals surface area contributed by atoms with E-state index in [1.807, 2.05) is 0 Å². The maximum Gasteiger partial charge on any atom is 0.185 e. The molecule has 0 bridgehead atoms. The fourth-order valence-electron chi connectivity index (χ4n) is 1.78. The Bertz CT molecular complexity index is 314. The molecule has 0 saturated carbocycles. The topological polar surface area (TPSA) is 16.1 Å². The first-order valence-corrected chi connectivity index (χ1v) is 6.27. The fraction of sp³-hybridized carbons (Fsp3) is 0.700. The van der Waals surface area contributed by atoms with E-state index in [-0.39, 0.29) is 0 Å². The number of hydrogen-bond donors (Lipinski definition) is 0. The molecule has 0 aliphatic carbocycles. The summed E-state index contributed by atoms with van der Waals surface area (Å²) in [6.45, 7) is 6.83. The van der Waals surface area contributed by atoms with E-state index in [0.717, 1.165) is 30.3 Å². The molecule has 1 saturated heterocycles. The van der Waals surface area contributed by atoms with Crippen molar-refractivity contribution in [2.75, 3.05) is 23.9 Å². The predicted molar refractivity (Wildman–Crippen MR) is 62.5 cm³/mol. The van der Waals surface area contributed by atoms with Crippen LogP contribution in [0.3, 0.4) is 0 Å². The lowest BCUT2D eigenvalue weighted by Crippen LogP contribution is -2.53.